The van der Waals surface area contributed by atoms with Crippen LogP contribution >= 0.6 is 0 Å². The van der Waals surface area contributed by atoms with Gasteiger partial charge in [-0.25, -0.2) is 9.97 Å². The van der Waals surface area contributed by atoms with Gasteiger partial charge in [-0.3, -0.25) is 4.79 Å². The number of aliphatic hydroxyl groups excluding tert-OH is 1. The third-order valence-corrected chi connectivity index (χ3v) is 5.18. The summed E-state index contributed by atoms with van der Waals surface area (Å²) in [6.07, 6.45) is 2.00. The molecule has 1 aromatic carbocycles. The molecule has 1 saturated carbocycles. The van der Waals surface area contributed by atoms with E-state index in [1.165, 1.54) is 5.56 Å². The molecule has 1 amide bonds. The van der Waals surface area contributed by atoms with Crippen molar-refractivity contribution in [2.75, 3.05) is 6.61 Å². The number of nitrogens with zero attached hydrogens (tertiary/aromatic N) is 2. The molecular formula is C20H23N3O3. The fourth-order valence-electron chi connectivity index (χ4n) is 3.82. The summed E-state index contributed by atoms with van der Waals surface area (Å²) in [5.41, 5.74) is 3.38. The summed E-state index contributed by atoms with van der Waals surface area (Å²) in [6, 6.07) is 7.66. The molecule has 26 heavy (non-hydrogen) atoms. The lowest BCUT2D eigenvalue weighted by Gasteiger charge is -2.38. The van der Waals surface area contributed by atoms with Gasteiger partial charge in [0.25, 0.3) is 5.91 Å². The normalized spacial score (nSPS) is 22.1. The molecule has 1 aliphatic carbocycles. The fourth-order valence-corrected chi connectivity index (χ4v) is 3.82. The smallest absolute Gasteiger partial charge is 0.270 e. The van der Waals surface area contributed by atoms with Crippen molar-refractivity contribution in [2.24, 2.45) is 5.92 Å². The first-order chi connectivity index (χ1) is 12.5. The van der Waals surface area contributed by atoms with Crippen molar-refractivity contribution in [3.63, 3.8) is 0 Å². The largest absolute Gasteiger partial charge is 0.493 e. The minimum Gasteiger partial charge on any atom is -0.493 e. The second-order valence-electron chi connectivity index (χ2n) is 7.24. The van der Waals surface area contributed by atoms with Crippen molar-refractivity contribution in [3.05, 3.63) is 52.6 Å². The lowest BCUT2D eigenvalue weighted by Crippen LogP contribution is -2.41. The first kappa shape index (κ1) is 17.0. The SMILES string of the molecule is Cc1cc(C(=O)N[C@H](c2ccc3c(c2)CCO3)C2CC(O)C2)nc(C)n1. The summed E-state index contributed by atoms with van der Waals surface area (Å²) in [6.45, 7) is 4.34. The lowest BCUT2D eigenvalue weighted by atomic mass is 9.74. The summed E-state index contributed by atoms with van der Waals surface area (Å²) in [5, 5.41) is 12.9. The molecule has 1 atom stereocenters. The molecule has 0 bridgehead atoms. The molecule has 0 spiro atoms. The Morgan fingerprint density at radius 1 is 1.27 bits per heavy atom. The lowest BCUT2D eigenvalue weighted by molar-refractivity contribution is 0.0234. The topological polar surface area (TPSA) is 84.3 Å². The molecule has 0 saturated heterocycles. The summed E-state index contributed by atoms with van der Waals surface area (Å²) in [5.74, 6) is 1.52. The van der Waals surface area contributed by atoms with E-state index < -0.39 is 0 Å². The number of aliphatic hydroxyl groups is 1. The number of carbonyl (C=O) groups excluding carboxylic acids is 1. The van der Waals surface area contributed by atoms with Gasteiger partial charge in [0.2, 0.25) is 0 Å². The van der Waals surface area contributed by atoms with Gasteiger partial charge in [0.15, 0.2) is 0 Å². The van der Waals surface area contributed by atoms with Crippen molar-refractivity contribution in [1.29, 1.82) is 0 Å². The highest BCUT2D eigenvalue weighted by atomic mass is 16.5. The van der Waals surface area contributed by atoms with Crippen molar-refractivity contribution in [3.8, 4) is 5.75 Å². The number of carbonyl (C=O) groups is 1. The van der Waals surface area contributed by atoms with E-state index in [1.54, 1.807) is 13.0 Å². The molecular weight excluding hydrogens is 330 g/mol. The van der Waals surface area contributed by atoms with E-state index in [-0.39, 0.29) is 24.0 Å². The molecule has 4 rings (SSSR count). The number of amides is 1. The van der Waals surface area contributed by atoms with Crippen LogP contribution in [0, 0.1) is 19.8 Å². The zero-order chi connectivity index (χ0) is 18.3. The number of aromatic nitrogens is 2. The van der Waals surface area contributed by atoms with Gasteiger partial charge in [0.05, 0.1) is 18.8 Å². The number of benzene rings is 1. The van der Waals surface area contributed by atoms with Crippen molar-refractivity contribution in [2.45, 2.75) is 45.3 Å². The highest BCUT2D eigenvalue weighted by molar-refractivity contribution is 5.92. The Morgan fingerprint density at radius 3 is 2.81 bits per heavy atom. The molecule has 6 nitrogen and oxygen atoms in total. The Hall–Kier alpha value is -2.47. The first-order valence-corrected chi connectivity index (χ1v) is 9.06. The average molecular weight is 353 g/mol. The second kappa shape index (κ2) is 6.68. The number of aryl methyl sites for hydroxylation is 2. The zero-order valence-electron chi connectivity index (χ0n) is 15.0. The van der Waals surface area contributed by atoms with Gasteiger partial charge in [-0.05, 0) is 61.9 Å². The van der Waals surface area contributed by atoms with Crippen LogP contribution in [-0.2, 0) is 6.42 Å². The van der Waals surface area contributed by atoms with Crippen LogP contribution in [0.1, 0.15) is 52.0 Å². The molecule has 136 valence electrons. The van der Waals surface area contributed by atoms with E-state index in [1.807, 2.05) is 19.1 Å². The quantitative estimate of drug-likeness (QED) is 0.881. The van der Waals surface area contributed by atoms with Crippen LogP contribution in [0.5, 0.6) is 5.75 Å². The number of hydrogen-bond acceptors (Lipinski definition) is 5. The van der Waals surface area contributed by atoms with Gasteiger partial charge in [-0.2, -0.15) is 0 Å². The molecule has 0 unspecified atom stereocenters. The zero-order valence-corrected chi connectivity index (χ0v) is 15.0. The van der Waals surface area contributed by atoms with E-state index >= 15 is 0 Å². The number of nitrogens with one attached hydrogen (secondary N) is 1. The highest BCUT2D eigenvalue weighted by Crippen LogP contribution is 2.39. The number of fused-ring (bicyclic) bond motifs is 1. The van der Waals surface area contributed by atoms with Gasteiger partial charge >= 0.3 is 0 Å². The molecule has 6 heteroatoms. The summed E-state index contributed by atoms with van der Waals surface area (Å²) < 4.78 is 5.58. The van der Waals surface area contributed by atoms with Gasteiger partial charge in [0, 0.05) is 12.1 Å². The molecule has 0 radical (unpaired) electrons. The highest BCUT2D eigenvalue weighted by Gasteiger charge is 2.36. The molecule has 2 aromatic rings. The average Bonchev–Trinajstić information content (AvgIpc) is 3.03. The number of ether oxygens (including phenoxy) is 1. The maximum Gasteiger partial charge on any atom is 0.270 e. The van der Waals surface area contributed by atoms with E-state index in [0.717, 1.165) is 23.4 Å². The van der Waals surface area contributed by atoms with Crippen molar-refractivity contribution < 1.29 is 14.6 Å². The Kier molecular flexibility index (Phi) is 4.36. The van der Waals surface area contributed by atoms with Crippen LogP contribution in [0.15, 0.2) is 24.3 Å². The summed E-state index contributed by atoms with van der Waals surface area (Å²) in [7, 11) is 0. The fraction of sp³-hybridized carbons (Fsp3) is 0.450. The van der Waals surface area contributed by atoms with Crippen LogP contribution < -0.4 is 10.1 Å². The maximum absolute atomic E-state index is 12.8. The van der Waals surface area contributed by atoms with Gasteiger partial charge in [0.1, 0.15) is 17.3 Å². The first-order valence-electron chi connectivity index (χ1n) is 9.06. The molecule has 2 N–H and O–H groups in total. The molecule has 1 aromatic heterocycles. The van der Waals surface area contributed by atoms with Crippen LogP contribution in [-0.4, -0.2) is 33.7 Å². The third-order valence-electron chi connectivity index (χ3n) is 5.18. The van der Waals surface area contributed by atoms with Crippen LogP contribution in [0.4, 0.5) is 0 Å². The Bertz CT molecular complexity index is 826. The monoisotopic (exact) mass is 353 g/mol. The van der Waals surface area contributed by atoms with E-state index in [4.69, 9.17) is 4.74 Å². The Morgan fingerprint density at radius 2 is 2.08 bits per heavy atom. The van der Waals surface area contributed by atoms with Crippen molar-refractivity contribution in [1.82, 2.24) is 15.3 Å². The maximum atomic E-state index is 12.8. The van der Waals surface area contributed by atoms with Gasteiger partial charge in [-0.15, -0.1) is 0 Å². The van der Waals surface area contributed by atoms with Gasteiger partial charge < -0.3 is 15.2 Å². The second-order valence-corrected chi connectivity index (χ2v) is 7.24. The molecule has 1 aliphatic heterocycles. The van der Waals surface area contributed by atoms with Crippen LogP contribution in [0.2, 0.25) is 0 Å². The third kappa shape index (κ3) is 3.29. The van der Waals surface area contributed by atoms with Crippen molar-refractivity contribution >= 4 is 5.91 Å². The predicted molar refractivity (Wildman–Crippen MR) is 96.1 cm³/mol. The standard InChI is InChI=1S/C20H23N3O3/c1-11-7-17(22-12(2)21-11)20(25)23-19(15-9-16(24)10-15)14-3-4-18-13(8-14)5-6-26-18/h3-4,7-8,15-16,19,24H,5-6,9-10H2,1-2H3,(H,23,25)/t15?,16?,19-/m1/s1. The van der Waals surface area contributed by atoms with E-state index in [2.05, 4.69) is 21.4 Å². The number of rotatable bonds is 4. The predicted octanol–water partition coefficient (Wildman–Crippen LogP) is 2.27. The van der Waals surface area contributed by atoms with Crippen LogP contribution in [0.3, 0.4) is 0 Å². The molecule has 2 heterocycles. The summed E-state index contributed by atoms with van der Waals surface area (Å²) >= 11 is 0. The summed E-state index contributed by atoms with van der Waals surface area (Å²) in [4.78, 5) is 21.3. The Labute approximate surface area is 152 Å². The van der Waals surface area contributed by atoms with Crippen LogP contribution in [0.25, 0.3) is 0 Å². The number of hydrogen-bond donors (Lipinski definition) is 2. The van der Waals surface area contributed by atoms with Gasteiger partial charge in [-0.1, -0.05) is 6.07 Å². The minimum atomic E-state index is -0.277. The van der Waals surface area contributed by atoms with E-state index in [0.29, 0.717) is 31.0 Å². The molecule has 2 aliphatic rings. The molecule has 1 fully saturated rings. The minimum absolute atomic E-state index is 0.146. The Balaban J connectivity index is 1.60. The van der Waals surface area contributed by atoms with E-state index in [9.17, 15) is 9.90 Å².